The van der Waals surface area contributed by atoms with Gasteiger partial charge in [0, 0.05) is 18.7 Å². The van der Waals surface area contributed by atoms with Crippen LogP contribution >= 0.6 is 0 Å². The molecule has 0 aliphatic heterocycles. The number of phenols is 1. The minimum Gasteiger partial charge on any atom is -0.508 e. The van der Waals surface area contributed by atoms with Crippen molar-refractivity contribution in [2.24, 2.45) is 0 Å². The number of hydrogen-bond acceptors (Lipinski definition) is 3. The van der Waals surface area contributed by atoms with Gasteiger partial charge in [0.25, 0.3) is 0 Å². The Labute approximate surface area is 117 Å². The van der Waals surface area contributed by atoms with E-state index in [0.717, 1.165) is 44.8 Å². The number of nitrogens with zero attached hydrogens (tertiary/aromatic N) is 2. The molecule has 108 valence electrons. The molecule has 0 fully saturated rings. The van der Waals surface area contributed by atoms with Crippen LogP contribution in [-0.4, -0.2) is 41.1 Å². The van der Waals surface area contributed by atoms with Crippen molar-refractivity contribution in [1.29, 1.82) is 0 Å². The van der Waals surface area contributed by atoms with Gasteiger partial charge < -0.3 is 5.11 Å². The molecule has 0 aliphatic carbocycles. The second kappa shape index (κ2) is 8.18. The lowest BCUT2D eigenvalue weighted by atomic mass is 10.1. The lowest BCUT2D eigenvalue weighted by molar-refractivity contribution is 0.287. The summed E-state index contributed by atoms with van der Waals surface area (Å²) in [6, 6.07) is 6.00. The van der Waals surface area contributed by atoms with Crippen LogP contribution in [0, 0.1) is 0 Å². The Kier molecular flexibility index (Phi) is 6.89. The molecule has 0 bridgehead atoms. The average Bonchev–Trinajstić information content (AvgIpc) is 2.44. The van der Waals surface area contributed by atoms with E-state index in [1.54, 1.807) is 0 Å². The fourth-order valence-electron chi connectivity index (χ4n) is 2.26. The van der Waals surface area contributed by atoms with Crippen LogP contribution in [0.1, 0.15) is 38.8 Å². The number of phenolic OH excluding ortho intramolecular Hbond substituents is 1. The van der Waals surface area contributed by atoms with Crippen LogP contribution in [0.2, 0.25) is 0 Å². The first-order valence-electron chi connectivity index (χ1n) is 7.39. The quantitative estimate of drug-likeness (QED) is 0.781. The molecular formula is C16H28N2O. The van der Waals surface area contributed by atoms with Gasteiger partial charge in [-0.05, 0) is 43.9 Å². The zero-order chi connectivity index (χ0) is 14.3. The highest BCUT2D eigenvalue weighted by Gasteiger charge is 2.08. The maximum atomic E-state index is 9.98. The highest BCUT2D eigenvalue weighted by Crippen LogP contribution is 2.21. The van der Waals surface area contributed by atoms with E-state index in [9.17, 15) is 5.11 Å². The van der Waals surface area contributed by atoms with E-state index in [-0.39, 0.29) is 0 Å². The zero-order valence-electron chi connectivity index (χ0n) is 12.8. The fourth-order valence-corrected chi connectivity index (χ4v) is 2.26. The Morgan fingerprint density at radius 2 is 1.37 bits per heavy atom. The molecule has 1 rings (SSSR count). The van der Waals surface area contributed by atoms with Crippen molar-refractivity contribution in [1.82, 2.24) is 9.80 Å². The molecule has 0 amide bonds. The van der Waals surface area contributed by atoms with Crippen LogP contribution in [0.15, 0.2) is 18.2 Å². The van der Waals surface area contributed by atoms with Gasteiger partial charge in [-0.25, -0.2) is 0 Å². The lowest BCUT2D eigenvalue weighted by Crippen LogP contribution is -2.23. The van der Waals surface area contributed by atoms with E-state index in [4.69, 9.17) is 0 Å². The van der Waals surface area contributed by atoms with Crippen molar-refractivity contribution in [3.05, 3.63) is 29.3 Å². The number of benzene rings is 1. The predicted octanol–water partition coefficient (Wildman–Crippen LogP) is 3.08. The van der Waals surface area contributed by atoms with E-state index >= 15 is 0 Å². The van der Waals surface area contributed by atoms with Gasteiger partial charge in [0.1, 0.15) is 5.75 Å². The van der Waals surface area contributed by atoms with E-state index in [0.29, 0.717) is 5.75 Å². The van der Waals surface area contributed by atoms with Gasteiger partial charge in [-0.15, -0.1) is 0 Å². The molecule has 0 atom stereocenters. The summed E-state index contributed by atoms with van der Waals surface area (Å²) in [6.45, 7) is 14.6. The zero-order valence-corrected chi connectivity index (χ0v) is 12.8. The van der Waals surface area contributed by atoms with E-state index < -0.39 is 0 Å². The van der Waals surface area contributed by atoms with E-state index in [1.807, 2.05) is 12.1 Å². The Morgan fingerprint density at radius 3 is 1.89 bits per heavy atom. The van der Waals surface area contributed by atoms with Crippen molar-refractivity contribution in [3.63, 3.8) is 0 Å². The Balaban J connectivity index is 2.81. The van der Waals surface area contributed by atoms with Crippen molar-refractivity contribution < 1.29 is 5.11 Å². The molecule has 1 aromatic carbocycles. The SMILES string of the molecule is CCN(CC)Cc1ccc(O)c(CN(CC)CC)c1. The third-order valence-corrected chi connectivity index (χ3v) is 3.73. The van der Waals surface area contributed by atoms with Crippen LogP contribution in [-0.2, 0) is 13.1 Å². The van der Waals surface area contributed by atoms with Gasteiger partial charge >= 0.3 is 0 Å². The largest absolute Gasteiger partial charge is 0.508 e. The minimum absolute atomic E-state index is 0.412. The summed E-state index contributed by atoms with van der Waals surface area (Å²) in [5, 5.41) is 9.98. The minimum atomic E-state index is 0.412. The normalized spacial score (nSPS) is 11.5. The van der Waals surface area contributed by atoms with Crippen LogP contribution in [0.25, 0.3) is 0 Å². The van der Waals surface area contributed by atoms with Crippen molar-refractivity contribution in [3.8, 4) is 5.75 Å². The Hall–Kier alpha value is -1.06. The predicted molar refractivity (Wildman–Crippen MR) is 81.4 cm³/mol. The molecule has 0 aliphatic rings. The molecule has 0 saturated heterocycles. The van der Waals surface area contributed by atoms with Crippen molar-refractivity contribution in [2.45, 2.75) is 40.8 Å². The summed E-state index contributed by atoms with van der Waals surface area (Å²) >= 11 is 0. The Morgan fingerprint density at radius 1 is 0.842 bits per heavy atom. The third-order valence-electron chi connectivity index (χ3n) is 3.73. The molecule has 3 nitrogen and oxygen atoms in total. The first kappa shape index (κ1) is 16.0. The number of hydrogen-bond donors (Lipinski definition) is 1. The summed E-state index contributed by atoms with van der Waals surface area (Å²) in [5.41, 5.74) is 2.32. The van der Waals surface area contributed by atoms with Crippen LogP contribution in [0.4, 0.5) is 0 Å². The maximum absolute atomic E-state index is 9.98. The van der Waals surface area contributed by atoms with Gasteiger partial charge in [0.15, 0.2) is 0 Å². The molecular weight excluding hydrogens is 236 g/mol. The van der Waals surface area contributed by atoms with Crippen LogP contribution in [0.5, 0.6) is 5.75 Å². The molecule has 3 heteroatoms. The van der Waals surface area contributed by atoms with Crippen molar-refractivity contribution in [2.75, 3.05) is 26.2 Å². The second-order valence-electron chi connectivity index (χ2n) is 4.89. The van der Waals surface area contributed by atoms with Crippen molar-refractivity contribution >= 4 is 0 Å². The second-order valence-corrected chi connectivity index (χ2v) is 4.89. The number of aromatic hydroxyl groups is 1. The first-order chi connectivity index (χ1) is 9.14. The molecule has 0 heterocycles. The third kappa shape index (κ3) is 4.84. The van der Waals surface area contributed by atoms with Gasteiger partial charge in [0.05, 0.1) is 0 Å². The average molecular weight is 264 g/mol. The van der Waals surface area contributed by atoms with E-state index in [1.165, 1.54) is 5.56 Å². The smallest absolute Gasteiger partial charge is 0.120 e. The highest BCUT2D eigenvalue weighted by molar-refractivity contribution is 5.36. The van der Waals surface area contributed by atoms with Gasteiger partial charge in [0.2, 0.25) is 0 Å². The molecule has 0 radical (unpaired) electrons. The summed E-state index contributed by atoms with van der Waals surface area (Å²) in [6.07, 6.45) is 0. The van der Waals surface area contributed by atoms with E-state index in [2.05, 4.69) is 43.6 Å². The number of rotatable bonds is 8. The maximum Gasteiger partial charge on any atom is 0.120 e. The molecule has 0 aromatic heterocycles. The molecule has 1 N–H and O–H groups in total. The molecule has 19 heavy (non-hydrogen) atoms. The summed E-state index contributed by atoms with van der Waals surface area (Å²) < 4.78 is 0. The monoisotopic (exact) mass is 264 g/mol. The molecule has 0 saturated carbocycles. The topological polar surface area (TPSA) is 26.7 Å². The first-order valence-corrected chi connectivity index (χ1v) is 7.39. The molecule has 0 spiro atoms. The summed E-state index contributed by atoms with van der Waals surface area (Å²) in [7, 11) is 0. The lowest BCUT2D eigenvalue weighted by Gasteiger charge is -2.21. The summed E-state index contributed by atoms with van der Waals surface area (Å²) in [4.78, 5) is 4.70. The highest BCUT2D eigenvalue weighted by atomic mass is 16.3. The standard InChI is InChI=1S/C16H28N2O/c1-5-17(6-2)12-14-9-10-16(19)15(11-14)13-18(7-3)8-4/h9-11,19H,5-8,12-13H2,1-4H3. The summed E-state index contributed by atoms with van der Waals surface area (Å²) in [5.74, 6) is 0.412. The fraction of sp³-hybridized carbons (Fsp3) is 0.625. The van der Waals surface area contributed by atoms with Gasteiger partial charge in [-0.1, -0.05) is 33.8 Å². The van der Waals surface area contributed by atoms with Gasteiger partial charge in [-0.3, -0.25) is 9.80 Å². The van der Waals surface area contributed by atoms with Gasteiger partial charge in [-0.2, -0.15) is 0 Å². The molecule has 0 unspecified atom stereocenters. The Bertz CT molecular complexity index is 371. The van der Waals surface area contributed by atoms with Crippen LogP contribution < -0.4 is 0 Å². The van der Waals surface area contributed by atoms with Crippen LogP contribution in [0.3, 0.4) is 0 Å². The molecule has 1 aromatic rings.